The monoisotopic (exact) mass is 357 g/mol. The molecule has 0 atom stereocenters. The normalized spacial score (nSPS) is 15.5. The first-order valence-electron chi connectivity index (χ1n) is 7.57. The van der Waals surface area contributed by atoms with Crippen LogP contribution in [0.15, 0.2) is 58.1 Å². The van der Waals surface area contributed by atoms with Crippen LogP contribution in [0.4, 0.5) is 5.69 Å². The van der Waals surface area contributed by atoms with Gasteiger partial charge in [-0.2, -0.15) is 5.10 Å². The van der Waals surface area contributed by atoms with Gasteiger partial charge < -0.3 is 4.90 Å². The molecule has 1 heterocycles. The van der Waals surface area contributed by atoms with Crippen molar-refractivity contribution in [2.75, 3.05) is 31.1 Å². The molecule has 1 saturated heterocycles. The minimum absolute atomic E-state index is 0.953. The summed E-state index contributed by atoms with van der Waals surface area (Å²) >= 11 is 3.55. The van der Waals surface area contributed by atoms with Crippen LogP contribution in [0, 0.1) is 6.92 Å². The van der Waals surface area contributed by atoms with E-state index in [2.05, 4.69) is 68.2 Å². The van der Waals surface area contributed by atoms with Crippen molar-refractivity contribution in [1.82, 2.24) is 5.01 Å². The van der Waals surface area contributed by atoms with Gasteiger partial charge in [-0.15, -0.1) is 0 Å². The van der Waals surface area contributed by atoms with Crippen molar-refractivity contribution in [1.29, 1.82) is 0 Å². The molecule has 0 aromatic heterocycles. The number of benzene rings is 2. The Labute approximate surface area is 140 Å². The summed E-state index contributed by atoms with van der Waals surface area (Å²) in [6, 6.07) is 16.9. The summed E-state index contributed by atoms with van der Waals surface area (Å²) in [6.45, 7) is 6.05. The second kappa shape index (κ2) is 6.97. The number of halogens is 1. The summed E-state index contributed by atoms with van der Waals surface area (Å²) in [7, 11) is 0. The summed E-state index contributed by atoms with van der Waals surface area (Å²) < 4.78 is 1.08. The van der Waals surface area contributed by atoms with Gasteiger partial charge in [-0.25, -0.2) is 0 Å². The molecule has 1 fully saturated rings. The van der Waals surface area contributed by atoms with E-state index in [9.17, 15) is 0 Å². The summed E-state index contributed by atoms with van der Waals surface area (Å²) in [4.78, 5) is 2.42. The Bertz CT molecular complexity index is 644. The molecule has 0 radical (unpaired) electrons. The fraction of sp³-hybridized carbons (Fsp3) is 0.278. The molecule has 0 saturated carbocycles. The van der Waals surface area contributed by atoms with Crippen molar-refractivity contribution in [2.45, 2.75) is 6.92 Å². The molecule has 0 spiro atoms. The van der Waals surface area contributed by atoms with Gasteiger partial charge in [-0.3, -0.25) is 5.01 Å². The Morgan fingerprint density at radius 1 is 0.955 bits per heavy atom. The third kappa shape index (κ3) is 3.69. The molecule has 0 bridgehead atoms. The minimum Gasteiger partial charge on any atom is -0.368 e. The minimum atomic E-state index is 0.953. The van der Waals surface area contributed by atoms with Gasteiger partial charge in [-0.1, -0.05) is 51.8 Å². The largest absolute Gasteiger partial charge is 0.368 e. The molecular weight excluding hydrogens is 338 g/mol. The molecule has 0 N–H and O–H groups in total. The van der Waals surface area contributed by atoms with Crippen LogP contribution in [0.3, 0.4) is 0 Å². The van der Waals surface area contributed by atoms with Crippen molar-refractivity contribution >= 4 is 27.8 Å². The fourth-order valence-electron chi connectivity index (χ4n) is 2.55. The van der Waals surface area contributed by atoms with Gasteiger partial charge in [0, 0.05) is 28.8 Å². The SMILES string of the molecule is Cc1ccc(N2CCN(/N=C/c3ccccc3Br)CC2)cc1. The number of hydrazone groups is 1. The Balaban J connectivity index is 1.58. The van der Waals surface area contributed by atoms with Gasteiger partial charge in [0.05, 0.1) is 19.3 Å². The van der Waals surface area contributed by atoms with Crippen molar-refractivity contribution in [3.8, 4) is 0 Å². The van der Waals surface area contributed by atoms with Crippen molar-refractivity contribution in [2.24, 2.45) is 5.10 Å². The summed E-state index contributed by atoms with van der Waals surface area (Å²) in [5.41, 5.74) is 3.73. The zero-order valence-electron chi connectivity index (χ0n) is 12.7. The van der Waals surface area contributed by atoms with Gasteiger partial charge in [0.25, 0.3) is 0 Å². The lowest BCUT2D eigenvalue weighted by Gasteiger charge is -2.34. The van der Waals surface area contributed by atoms with E-state index in [4.69, 9.17) is 0 Å². The van der Waals surface area contributed by atoms with Crippen molar-refractivity contribution in [3.05, 3.63) is 64.1 Å². The first-order chi connectivity index (χ1) is 10.7. The van der Waals surface area contributed by atoms with E-state index >= 15 is 0 Å². The van der Waals surface area contributed by atoms with Gasteiger partial charge in [0.1, 0.15) is 0 Å². The summed E-state index contributed by atoms with van der Waals surface area (Å²) in [5, 5.41) is 6.75. The molecule has 22 heavy (non-hydrogen) atoms. The molecule has 114 valence electrons. The van der Waals surface area contributed by atoms with Crippen LogP contribution >= 0.6 is 15.9 Å². The van der Waals surface area contributed by atoms with E-state index in [1.54, 1.807) is 0 Å². The maximum Gasteiger partial charge on any atom is 0.0554 e. The molecule has 1 aliphatic heterocycles. The zero-order chi connectivity index (χ0) is 15.4. The van der Waals surface area contributed by atoms with E-state index in [1.807, 2.05) is 24.4 Å². The number of hydrogen-bond donors (Lipinski definition) is 0. The van der Waals surface area contributed by atoms with Gasteiger partial charge in [0.15, 0.2) is 0 Å². The maximum absolute atomic E-state index is 4.61. The summed E-state index contributed by atoms with van der Waals surface area (Å²) in [5.74, 6) is 0. The molecule has 2 aromatic rings. The average molecular weight is 358 g/mol. The van der Waals surface area contributed by atoms with Crippen LogP contribution in [0.25, 0.3) is 0 Å². The molecule has 0 amide bonds. The highest BCUT2D eigenvalue weighted by atomic mass is 79.9. The van der Waals surface area contributed by atoms with Gasteiger partial charge >= 0.3 is 0 Å². The first-order valence-corrected chi connectivity index (χ1v) is 8.37. The lowest BCUT2D eigenvalue weighted by atomic mass is 10.2. The lowest BCUT2D eigenvalue weighted by Crippen LogP contribution is -2.44. The molecular formula is C18H20BrN3. The van der Waals surface area contributed by atoms with Crippen molar-refractivity contribution in [3.63, 3.8) is 0 Å². The maximum atomic E-state index is 4.61. The Kier molecular flexibility index (Phi) is 4.78. The topological polar surface area (TPSA) is 18.8 Å². The number of anilines is 1. The quantitative estimate of drug-likeness (QED) is 0.775. The Hall–Kier alpha value is -1.81. The molecule has 4 heteroatoms. The van der Waals surface area contributed by atoms with Crippen LogP contribution in [-0.4, -0.2) is 37.4 Å². The van der Waals surface area contributed by atoms with Crippen LogP contribution in [0.5, 0.6) is 0 Å². The van der Waals surface area contributed by atoms with Crippen LogP contribution < -0.4 is 4.90 Å². The molecule has 0 unspecified atom stereocenters. The third-order valence-electron chi connectivity index (χ3n) is 3.92. The zero-order valence-corrected chi connectivity index (χ0v) is 14.3. The van der Waals surface area contributed by atoms with E-state index in [0.717, 1.165) is 36.2 Å². The number of hydrogen-bond acceptors (Lipinski definition) is 3. The third-order valence-corrected chi connectivity index (χ3v) is 4.64. The van der Waals surface area contributed by atoms with E-state index in [-0.39, 0.29) is 0 Å². The molecule has 3 rings (SSSR count). The standard InChI is InChI=1S/C18H20BrN3/c1-15-6-8-17(9-7-15)21-10-12-22(13-11-21)20-14-16-4-2-3-5-18(16)19/h2-9,14H,10-13H2,1H3/b20-14+. The number of nitrogens with zero attached hydrogens (tertiary/aromatic N) is 3. The fourth-order valence-corrected chi connectivity index (χ4v) is 2.94. The molecule has 2 aromatic carbocycles. The highest BCUT2D eigenvalue weighted by Crippen LogP contribution is 2.18. The molecule has 3 nitrogen and oxygen atoms in total. The molecule has 1 aliphatic rings. The van der Waals surface area contributed by atoms with E-state index < -0.39 is 0 Å². The van der Waals surface area contributed by atoms with Gasteiger partial charge in [0.2, 0.25) is 0 Å². The van der Waals surface area contributed by atoms with Crippen LogP contribution in [-0.2, 0) is 0 Å². The second-order valence-electron chi connectivity index (χ2n) is 5.54. The summed E-state index contributed by atoms with van der Waals surface area (Å²) in [6.07, 6.45) is 1.94. The Morgan fingerprint density at radius 3 is 2.32 bits per heavy atom. The first kappa shape index (κ1) is 15.1. The number of aryl methyl sites for hydroxylation is 1. The highest BCUT2D eigenvalue weighted by Gasteiger charge is 2.15. The van der Waals surface area contributed by atoms with E-state index in [0.29, 0.717) is 0 Å². The smallest absolute Gasteiger partial charge is 0.0554 e. The van der Waals surface area contributed by atoms with Gasteiger partial charge in [-0.05, 0) is 25.1 Å². The lowest BCUT2D eigenvalue weighted by molar-refractivity contribution is 0.272. The number of rotatable bonds is 3. The molecule has 0 aliphatic carbocycles. The second-order valence-corrected chi connectivity index (χ2v) is 6.40. The number of piperazine rings is 1. The predicted molar refractivity (Wildman–Crippen MR) is 96.7 cm³/mol. The Morgan fingerprint density at radius 2 is 1.64 bits per heavy atom. The van der Waals surface area contributed by atoms with Crippen LogP contribution in [0.1, 0.15) is 11.1 Å². The van der Waals surface area contributed by atoms with Crippen LogP contribution in [0.2, 0.25) is 0 Å². The highest BCUT2D eigenvalue weighted by molar-refractivity contribution is 9.10. The van der Waals surface area contributed by atoms with Crippen molar-refractivity contribution < 1.29 is 0 Å². The predicted octanol–water partition coefficient (Wildman–Crippen LogP) is 3.91. The van der Waals surface area contributed by atoms with E-state index in [1.165, 1.54) is 11.3 Å². The average Bonchev–Trinajstić information content (AvgIpc) is 2.55.